The van der Waals surface area contributed by atoms with Crippen molar-refractivity contribution in [2.45, 2.75) is 12.0 Å². The van der Waals surface area contributed by atoms with Crippen molar-refractivity contribution in [3.8, 4) is 0 Å². The average molecular weight is 310 g/mol. The molecule has 1 unspecified atom stereocenters. The summed E-state index contributed by atoms with van der Waals surface area (Å²) >= 11 is 15.0. The van der Waals surface area contributed by atoms with E-state index in [1.54, 1.807) is 24.3 Å². The van der Waals surface area contributed by atoms with Crippen molar-refractivity contribution in [1.29, 1.82) is 0 Å². The van der Waals surface area contributed by atoms with Gasteiger partial charge in [-0.2, -0.15) is 0 Å². The fourth-order valence-corrected chi connectivity index (χ4v) is 2.12. The normalized spacial score (nSPS) is 14.7. The number of benzene rings is 1. The van der Waals surface area contributed by atoms with Crippen molar-refractivity contribution in [3.05, 3.63) is 46.5 Å². The summed E-state index contributed by atoms with van der Waals surface area (Å²) in [6.45, 7) is 3.62. The molecule has 0 radical (unpaired) electrons. The van der Waals surface area contributed by atoms with Crippen LogP contribution in [0.25, 0.3) is 0 Å². The predicted octanol–water partition coefficient (Wildman–Crippen LogP) is 4.15. The van der Waals surface area contributed by atoms with E-state index in [1.807, 2.05) is 0 Å². The van der Waals surface area contributed by atoms with Crippen LogP contribution in [0.3, 0.4) is 0 Å². The topological polar surface area (TPSA) is 20.2 Å². The first kappa shape index (κ1) is 13.0. The zero-order valence-corrected chi connectivity index (χ0v) is 11.1. The van der Waals surface area contributed by atoms with Gasteiger partial charge in [-0.1, -0.05) is 51.3 Å². The van der Waals surface area contributed by atoms with Gasteiger partial charge in [0.05, 0.1) is 10.0 Å². The molecule has 0 aliphatic carbocycles. The van der Waals surface area contributed by atoms with E-state index in [9.17, 15) is 5.11 Å². The SMILES string of the molecule is C=CCC(O)(CBr)c1ccc(Cl)c(Cl)c1. The standard InChI is InChI=1S/C11H11BrCl2O/c1-2-5-11(15,7-12)8-3-4-9(13)10(14)6-8/h2-4,6,15H,1,5,7H2. The Morgan fingerprint density at radius 1 is 1.40 bits per heavy atom. The van der Waals surface area contributed by atoms with Crippen molar-refractivity contribution in [2.24, 2.45) is 0 Å². The second-order valence-electron chi connectivity index (χ2n) is 3.29. The van der Waals surface area contributed by atoms with Gasteiger partial charge in [-0.15, -0.1) is 6.58 Å². The first-order chi connectivity index (χ1) is 7.03. The Kier molecular flexibility index (Phi) is 4.65. The van der Waals surface area contributed by atoms with Crippen LogP contribution in [0.15, 0.2) is 30.9 Å². The van der Waals surface area contributed by atoms with Crippen LogP contribution in [0.4, 0.5) is 0 Å². The molecule has 0 bridgehead atoms. The fraction of sp³-hybridized carbons (Fsp3) is 0.273. The molecular weight excluding hydrogens is 299 g/mol. The molecule has 0 saturated heterocycles. The lowest BCUT2D eigenvalue weighted by Crippen LogP contribution is -2.26. The molecule has 1 rings (SSSR count). The molecule has 0 heterocycles. The molecule has 0 spiro atoms. The van der Waals surface area contributed by atoms with Gasteiger partial charge in [0.2, 0.25) is 0 Å². The maximum atomic E-state index is 10.3. The zero-order valence-electron chi connectivity index (χ0n) is 8.01. The second kappa shape index (κ2) is 5.35. The van der Waals surface area contributed by atoms with E-state index in [0.717, 1.165) is 5.56 Å². The van der Waals surface area contributed by atoms with Crippen LogP contribution in [-0.2, 0) is 5.60 Å². The third-order valence-electron chi connectivity index (χ3n) is 2.16. The van der Waals surface area contributed by atoms with Gasteiger partial charge in [0.25, 0.3) is 0 Å². The van der Waals surface area contributed by atoms with Crippen molar-refractivity contribution < 1.29 is 5.11 Å². The van der Waals surface area contributed by atoms with Crippen LogP contribution in [-0.4, -0.2) is 10.4 Å². The molecular formula is C11H11BrCl2O. The summed E-state index contributed by atoms with van der Waals surface area (Å²) in [6, 6.07) is 5.11. The number of hydrogen-bond donors (Lipinski definition) is 1. The van der Waals surface area contributed by atoms with E-state index in [4.69, 9.17) is 23.2 Å². The van der Waals surface area contributed by atoms with Crippen LogP contribution in [0.1, 0.15) is 12.0 Å². The minimum atomic E-state index is -0.976. The number of aliphatic hydroxyl groups is 1. The molecule has 0 saturated carbocycles. The van der Waals surface area contributed by atoms with Gasteiger partial charge in [-0.05, 0) is 24.1 Å². The molecule has 0 aliphatic rings. The van der Waals surface area contributed by atoms with E-state index in [-0.39, 0.29) is 0 Å². The molecule has 1 nitrogen and oxygen atoms in total. The molecule has 0 amide bonds. The third kappa shape index (κ3) is 2.97. The highest BCUT2D eigenvalue weighted by atomic mass is 79.9. The summed E-state index contributed by atoms with van der Waals surface area (Å²) in [7, 11) is 0. The first-order valence-electron chi connectivity index (χ1n) is 4.38. The van der Waals surface area contributed by atoms with E-state index >= 15 is 0 Å². The van der Waals surface area contributed by atoms with Crippen molar-refractivity contribution in [3.63, 3.8) is 0 Å². The molecule has 0 aromatic heterocycles. The van der Waals surface area contributed by atoms with Crippen LogP contribution in [0.5, 0.6) is 0 Å². The van der Waals surface area contributed by atoms with E-state index in [0.29, 0.717) is 21.8 Å². The minimum absolute atomic E-state index is 0.421. The van der Waals surface area contributed by atoms with Crippen LogP contribution >= 0.6 is 39.1 Å². The van der Waals surface area contributed by atoms with Crippen molar-refractivity contribution in [2.75, 3.05) is 5.33 Å². The molecule has 1 aromatic rings. The Labute approximate surface area is 108 Å². The summed E-state index contributed by atoms with van der Waals surface area (Å²) in [5, 5.41) is 11.6. The Bertz CT molecular complexity index is 368. The van der Waals surface area contributed by atoms with Gasteiger partial charge in [-0.25, -0.2) is 0 Å². The molecule has 1 aromatic carbocycles. The lowest BCUT2D eigenvalue weighted by atomic mass is 9.93. The predicted molar refractivity (Wildman–Crippen MR) is 69.0 cm³/mol. The monoisotopic (exact) mass is 308 g/mol. The zero-order chi connectivity index (χ0) is 11.5. The summed E-state index contributed by atoms with van der Waals surface area (Å²) in [4.78, 5) is 0. The maximum Gasteiger partial charge on any atom is 0.103 e. The van der Waals surface area contributed by atoms with Crippen molar-refractivity contribution >= 4 is 39.1 Å². The highest BCUT2D eigenvalue weighted by molar-refractivity contribution is 9.09. The van der Waals surface area contributed by atoms with Gasteiger partial charge < -0.3 is 5.11 Å². The first-order valence-corrected chi connectivity index (χ1v) is 6.26. The van der Waals surface area contributed by atoms with Gasteiger partial charge in [0.1, 0.15) is 5.60 Å². The Morgan fingerprint density at radius 3 is 2.53 bits per heavy atom. The molecule has 1 N–H and O–H groups in total. The Morgan fingerprint density at radius 2 is 2.07 bits per heavy atom. The van der Waals surface area contributed by atoms with Gasteiger partial charge >= 0.3 is 0 Å². The third-order valence-corrected chi connectivity index (χ3v) is 3.83. The van der Waals surface area contributed by atoms with E-state index in [2.05, 4.69) is 22.5 Å². The average Bonchev–Trinajstić information content (AvgIpc) is 2.22. The van der Waals surface area contributed by atoms with E-state index in [1.165, 1.54) is 0 Å². The maximum absolute atomic E-state index is 10.3. The fourth-order valence-electron chi connectivity index (χ4n) is 1.27. The van der Waals surface area contributed by atoms with Gasteiger partial charge in [0, 0.05) is 5.33 Å². The molecule has 15 heavy (non-hydrogen) atoms. The summed E-state index contributed by atoms with van der Waals surface area (Å²) in [5.41, 5.74) is -0.246. The molecule has 82 valence electrons. The minimum Gasteiger partial charge on any atom is -0.384 e. The van der Waals surface area contributed by atoms with Crippen LogP contribution in [0, 0.1) is 0 Å². The highest BCUT2D eigenvalue weighted by Gasteiger charge is 2.26. The molecule has 4 heteroatoms. The lowest BCUT2D eigenvalue weighted by molar-refractivity contribution is 0.0673. The summed E-state index contributed by atoms with van der Waals surface area (Å²) in [6.07, 6.45) is 2.12. The van der Waals surface area contributed by atoms with Gasteiger partial charge in [0.15, 0.2) is 0 Å². The highest BCUT2D eigenvalue weighted by Crippen LogP contribution is 2.32. The molecule has 0 aliphatic heterocycles. The number of alkyl halides is 1. The van der Waals surface area contributed by atoms with Crippen molar-refractivity contribution in [1.82, 2.24) is 0 Å². The van der Waals surface area contributed by atoms with E-state index < -0.39 is 5.60 Å². The Hall–Kier alpha value is -0.0200. The van der Waals surface area contributed by atoms with Crippen LogP contribution in [0.2, 0.25) is 10.0 Å². The second-order valence-corrected chi connectivity index (χ2v) is 4.66. The quantitative estimate of drug-likeness (QED) is 0.654. The molecule has 0 fully saturated rings. The summed E-state index contributed by atoms with van der Waals surface area (Å²) < 4.78 is 0. The molecule has 1 atom stereocenters. The Balaban J connectivity index is 3.12. The van der Waals surface area contributed by atoms with Crippen LogP contribution < -0.4 is 0 Å². The summed E-state index contributed by atoms with van der Waals surface area (Å²) in [5.74, 6) is 0. The lowest BCUT2D eigenvalue weighted by Gasteiger charge is -2.25. The smallest absolute Gasteiger partial charge is 0.103 e. The largest absolute Gasteiger partial charge is 0.384 e. The number of rotatable bonds is 4. The van der Waals surface area contributed by atoms with Gasteiger partial charge in [-0.3, -0.25) is 0 Å². The number of halogens is 3. The number of hydrogen-bond acceptors (Lipinski definition) is 1.